The van der Waals surface area contributed by atoms with Gasteiger partial charge in [0.15, 0.2) is 0 Å². The second-order valence-corrected chi connectivity index (χ2v) is 6.53. The Labute approximate surface area is 144 Å². The number of aromatic nitrogens is 1. The van der Waals surface area contributed by atoms with Crippen molar-refractivity contribution in [3.05, 3.63) is 63.8 Å². The molecule has 0 aliphatic rings. The number of rotatable bonds is 3. The van der Waals surface area contributed by atoms with Crippen molar-refractivity contribution in [1.29, 1.82) is 0 Å². The summed E-state index contributed by atoms with van der Waals surface area (Å²) < 4.78 is 2.96. The highest BCUT2D eigenvalue weighted by Gasteiger charge is 2.19. The van der Waals surface area contributed by atoms with E-state index in [1.54, 1.807) is 0 Å². The zero-order chi connectivity index (χ0) is 16.6. The Balaban J connectivity index is 2.05. The molecule has 0 saturated carbocycles. The molecule has 23 heavy (non-hydrogen) atoms. The summed E-state index contributed by atoms with van der Waals surface area (Å²) >= 11 is 3.52. The van der Waals surface area contributed by atoms with E-state index in [4.69, 9.17) is 0 Å². The van der Waals surface area contributed by atoms with E-state index in [0.717, 1.165) is 44.4 Å². The minimum Gasteiger partial charge on any atom is -0.337 e. The number of nitrogens with zero attached hydrogens (tertiary/aromatic N) is 1. The molecule has 3 nitrogen and oxygen atoms in total. The third-order valence-electron chi connectivity index (χ3n) is 4.13. The summed E-state index contributed by atoms with van der Waals surface area (Å²) in [7, 11) is 0. The number of hydrogen-bond donors (Lipinski definition) is 1. The maximum atomic E-state index is 12.9. The van der Waals surface area contributed by atoms with Gasteiger partial charge >= 0.3 is 0 Å². The fraction of sp³-hybridized carbons (Fsp3) is 0.211. The Kier molecular flexibility index (Phi) is 4.26. The van der Waals surface area contributed by atoms with Crippen LogP contribution in [0, 0.1) is 13.8 Å². The monoisotopic (exact) mass is 370 g/mol. The molecule has 1 N–H and O–H groups in total. The number of fused-ring (bicyclic) bond motifs is 1. The normalized spacial score (nSPS) is 11.0. The molecule has 0 saturated heterocycles. The van der Waals surface area contributed by atoms with Gasteiger partial charge in [-0.05, 0) is 66.0 Å². The number of carbonyl (C=O) groups is 1. The molecule has 0 spiro atoms. The lowest BCUT2D eigenvalue weighted by atomic mass is 10.1. The molecule has 0 fully saturated rings. The van der Waals surface area contributed by atoms with Crippen molar-refractivity contribution in [3.8, 4) is 0 Å². The van der Waals surface area contributed by atoms with Crippen LogP contribution in [0.3, 0.4) is 0 Å². The van der Waals surface area contributed by atoms with Gasteiger partial charge in [0.1, 0.15) is 5.69 Å². The van der Waals surface area contributed by atoms with Crippen LogP contribution in [0.15, 0.2) is 46.9 Å². The molecule has 1 amide bonds. The van der Waals surface area contributed by atoms with E-state index in [2.05, 4.69) is 44.9 Å². The molecule has 0 aliphatic heterocycles. The Bertz CT molecular complexity index is 896. The van der Waals surface area contributed by atoms with Crippen LogP contribution in [0.5, 0.6) is 0 Å². The second-order valence-electron chi connectivity index (χ2n) is 5.67. The number of halogens is 1. The second kappa shape index (κ2) is 6.20. The predicted molar refractivity (Wildman–Crippen MR) is 99.2 cm³/mol. The largest absolute Gasteiger partial charge is 0.337 e. The summed E-state index contributed by atoms with van der Waals surface area (Å²) in [5.41, 5.74) is 4.77. The van der Waals surface area contributed by atoms with Crippen LogP contribution in [0.1, 0.15) is 28.5 Å². The van der Waals surface area contributed by atoms with E-state index in [1.807, 2.05) is 44.2 Å². The summed E-state index contributed by atoms with van der Waals surface area (Å²) in [6, 6.07) is 14.0. The number of para-hydroxylation sites is 1. The number of nitrogens with one attached hydrogen (secondary N) is 1. The molecule has 3 rings (SSSR count). The molecular weight excluding hydrogens is 352 g/mol. The summed E-state index contributed by atoms with van der Waals surface area (Å²) in [6.45, 7) is 6.85. The third-order valence-corrected chi connectivity index (χ3v) is 4.78. The van der Waals surface area contributed by atoms with Crippen LogP contribution in [-0.2, 0) is 6.54 Å². The lowest BCUT2D eigenvalue weighted by Gasteiger charge is -2.11. The molecule has 3 aromatic rings. The third kappa shape index (κ3) is 2.79. The Hall–Kier alpha value is -2.07. The van der Waals surface area contributed by atoms with Gasteiger partial charge in [0.25, 0.3) is 5.91 Å². The van der Waals surface area contributed by atoms with Crippen molar-refractivity contribution in [1.82, 2.24) is 4.57 Å². The van der Waals surface area contributed by atoms with Gasteiger partial charge < -0.3 is 9.88 Å². The highest BCUT2D eigenvalue weighted by molar-refractivity contribution is 9.10. The van der Waals surface area contributed by atoms with Crippen LogP contribution >= 0.6 is 15.9 Å². The molecule has 0 radical (unpaired) electrons. The Morgan fingerprint density at radius 3 is 2.61 bits per heavy atom. The van der Waals surface area contributed by atoms with Crippen molar-refractivity contribution in [3.63, 3.8) is 0 Å². The van der Waals surface area contributed by atoms with Crippen molar-refractivity contribution in [2.45, 2.75) is 27.3 Å². The maximum Gasteiger partial charge on any atom is 0.272 e. The number of anilines is 1. The average Bonchev–Trinajstić information content (AvgIpc) is 2.83. The number of benzene rings is 2. The molecule has 1 aromatic heterocycles. The van der Waals surface area contributed by atoms with E-state index in [0.29, 0.717) is 0 Å². The number of aryl methyl sites for hydroxylation is 3. The molecule has 0 atom stereocenters. The quantitative estimate of drug-likeness (QED) is 0.667. The van der Waals surface area contributed by atoms with E-state index in [9.17, 15) is 4.79 Å². The Morgan fingerprint density at radius 1 is 1.17 bits per heavy atom. The summed E-state index contributed by atoms with van der Waals surface area (Å²) in [5, 5.41) is 4.15. The fourth-order valence-electron chi connectivity index (χ4n) is 3.00. The zero-order valence-electron chi connectivity index (χ0n) is 13.5. The molecule has 0 bridgehead atoms. The van der Waals surface area contributed by atoms with Gasteiger partial charge in [0.05, 0.1) is 5.69 Å². The molecule has 118 valence electrons. The van der Waals surface area contributed by atoms with Crippen LogP contribution in [0.2, 0.25) is 0 Å². The first-order valence-electron chi connectivity index (χ1n) is 7.68. The van der Waals surface area contributed by atoms with E-state index in [1.165, 1.54) is 0 Å². The van der Waals surface area contributed by atoms with Crippen LogP contribution in [-0.4, -0.2) is 10.5 Å². The number of hydrogen-bond acceptors (Lipinski definition) is 1. The molecule has 2 aromatic carbocycles. The van der Waals surface area contributed by atoms with Crippen LogP contribution < -0.4 is 5.32 Å². The first-order chi connectivity index (χ1) is 11.0. The van der Waals surface area contributed by atoms with Gasteiger partial charge in [-0.2, -0.15) is 0 Å². The maximum absolute atomic E-state index is 12.9. The van der Waals surface area contributed by atoms with Crippen LogP contribution in [0.4, 0.5) is 5.69 Å². The van der Waals surface area contributed by atoms with Crippen LogP contribution in [0.25, 0.3) is 10.9 Å². The van der Waals surface area contributed by atoms with Gasteiger partial charge in [0.2, 0.25) is 0 Å². The smallest absolute Gasteiger partial charge is 0.272 e. The summed E-state index contributed by atoms with van der Waals surface area (Å²) in [5.74, 6) is -0.0786. The average molecular weight is 371 g/mol. The predicted octanol–water partition coefficient (Wildman–Crippen LogP) is 5.29. The molecule has 1 heterocycles. The molecule has 0 unspecified atom stereocenters. The molecule has 4 heteroatoms. The van der Waals surface area contributed by atoms with Crippen molar-refractivity contribution >= 4 is 38.4 Å². The van der Waals surface area contributed by atoms with Crippen molar-refractivity contribution in [2.24, 2.45) is 0 Å². The van der Waals surface area contributed by atoms with Crippen molar-refractivity contribution < 1.29 is 4.79 Å². The minimum absolute atomic E-state index is 0.0786. The standard InChI is InChI=1S/C19H19BrN2O/c1-4-22-17-8-6-5-7-14(17)13(3)18(22)19(23)21-16-10-9-12(2)11-15(16)20/h5-11H,4H2,1-3H3,(H,21,23). The van der Waals surface area contributed by atoms with Gasteiger partial charge in [-0.15, -0.1) is 0 Å². The van der Waals surface area contributed by atoms with Gasteiger partial charge in [-0.1, -0.05) is 24.3 Å². The number of amides is 1. The van der Waals surface area contributed by atoms with Gasteiger partial charge in [-0.3, -0.25) is 4.79 Å². The minimum atomic E-state index is -0.0786. The SMILES string of the molecule is CCn1c(C(=O)Nc2ccc(C)cc2Br)c(C)c2ccccc21. The fourth-order valence-corrected chi connectivity index (χ4v) is 3.59. The first kappa shape index (κ1) is 15.8. The highest BCUT2D eigenvalue weighted by atomic mass is 79.9. The van der Waals surface area contributed by atoms with Gasteiger partial charge in [-0.25, -0.2) is 0 Å². The van der Waals surface area contributed by atoms with Gasteiger partial charge in [0, 0.05) is 21.9 Å². The van der Waals surface area contributed by atoms with E-state index >= 15 is 0 Å². The number of carbonyl (C=O) groups excluding carboxylic acids is 1. The summed E-state index contributed by atoms with van der Waals surface area (Å²) in [6.07, 6.45) is 0. The lowest BCUT2D eigenvalue weighted by molar-refractivity contribution is 0.101. The van der Waals surface area contributed by atoms with Crippen molar-refractivity contribution in [2.75, 3.05) is 5.32 Å². The zero-order valence-corrected chi connectivity index (χ0v) is 15.1. The molecule has 0 aliphatic carbocycles. The molecular formula is C19H19BrN2O. The highest BCUT2D eigenvalue weighted by Crippen LogP contribution is 2.28. The Morgan fingerprint density at radius 2 is 1.91 bits per heavy atom. The topological polar surface area (TPSA) is 34.0 Å². The van der Waals surface area contributed by atoms with E-state index in [-0.39, 0.29) is 5.91 Å². The first-order valence-corrected chi connectivity index (χ1v) is 8.47. The van der Waals surface area contributed by atoms with E-state index < -0.39 is 0 Å². The summed E-state index contributed by atoms with van der Waals surface area (Å²) in [4.78, 5) is 12.9. The lowest BCUT2D eigenvalue weighted by Crippen LogP contribution is -2.18.